The van der Waals surface area contributed by atoms with Crippen LogP contribution in [0.4, 0.5) is 0 Å². The Morgan fingerprint density at radius 3 is 2.35 bits per heavy atom. The van der Waals surface area contributed by atoms with Crippen molar-refractivity contribution >= 4 is 5.97 Å². The normalized spacial score (nSPS) is 57.5. The van der Waals surface area contributed by atoms with Gasteiger partial charge in [0.05, 0.1) is 12.0 Å². The molecule has 0 aromatic rings. The average Bonchev–Trinajstić information content (AvgIpc) is 2.77. The number of aliphatic hydroxyl groups is 1. The van der Waals surface area contributed by atoms with Crippen molar-refractivity contribution in [3.8, 4) is 0 Å². The first-order chi connectivity index (χ1) is 15.8. The van der Waals surface area contributed by atoms with Crippen molar-refractivity contribution in [1.29, 1.82) is 0 Å². The van der Waals surface area contributed by atoms with Crippen molar-refractivity contribution in [2.45, 2.75) is 105 Å². The molecule has 2 aliphatic heterocycles. The average molecular weight is 471 g/mol. The molecule has 2 saturated heterocycles. The van der Waals surface area contributed by atoms with Crippen LogP contribution in [0.2, 0.25) is 0 Å². The molecule has 0 amide bonds. The zero-order valence-electron chi connectivity index (χ0n) is 22.2. The summed E-state index contributed by atoms with van der Waals surface area (Å²) in [5.74, 6) is 0.631. The summed E-state index contributed by atoms with van der Waals surface area (Å²) in [7, 11) is 0. The van der Waals surface area contributed by atoms with Crippen LogP contribution in [-0.4, -0.2) is 28.6 Å². The van der Waals surface area contributed by atoms with Crippen LogP contribution >= 0.6 is 0 Å². The van der Waals surface area contributed by atoms with Gasteiger partial charge in [0, 0.05) is 17.3 Å². The first-order valence-electron chi connectivity index (χ1n) is 14.1. The summed E-state index contributed by atoms with van der Waals surface area (Å²) in [5.41, 5.74) is 1.00. The highest BCUT2D eigenvalue weighted by Gasteiger charge is 2.74. The second-order valence-corrected chi connectivity index (χ2v) is 14.6. The van der Waals surface area contributed by atoms with Crippen LogP contribution in [0.3, 0.4) is 0 Å². The molecule has 7 rings (SSSR count). The lowest BCUT2D eigenvalue weighted by molar-refractivity contribution is -0.395. The molecule has 190 valence electrons. The Morgan fingerprint density at radius 2 is 1.71 bits per heavy atom. The fourth-order valence-electron chi connectivity index (χ4n) is 11.3. The van der Waals surface area contributed by atoms with E-state index in [9.17, 15) is 15.0 Å². The number of aliphatic carboxylic acids is 1. The second kappa shape index (κ2) is 6.71. The molecule has 2 N–H and O–H groups in total. The fraction of sp³-hybridized carbons (Fsp3) is 0.900. The van der Waals surface area contributed by atoms with Gasteiger partial charge in [-0.05, 0) is 91.8 Å². The monoisotopic (exact) mass is 470 g/mol. The molecule has 2 heterocycles. The molecule has 7 aliphatic rings. The van der Waals surface area contributed by atoms with Crippen LogP contribution in [0.25, 0.3) is 0 Å². The number of carbonyl (C=O) groups is 1. The topological polar surface area (TPSA) is 66.8 Å². The zero-order chi connectivity index (χ0) is 24.5. The number of fused-ring (bicyclic) bond motifs is 7. The number of ether oxygens (including phenoxy) is 1. The van der Waals surface area contributed by atoms with Gasteiger partial charge >= 0.3 is 5.97 Å². The Morgan fingerprint density at radius 1 is 0.971 bits per heavy atom. The summed E-state index contributed by atoms with van der Waals surface area (Å²) >= 11 is 0. The van der Waals surface area contributed by atoms with Crippen molar-refractivity contribution < 1.29 is 19.7 Å². The van der Waals surface area contributed by atoms with Crippen molar-refractivity contribution in [2.75, 3.05) is 6.61 Å². The van der Waals surface area contributed by atoms with Crippen LogP contribution in [0, 0.1) is 56.7 Å². The Kier molecular flexibility index (Phi) is 4.64. The molecule has 5 aliphatic carbocycles. The molecule has 0 aromatic heterocycles. The fourth-order valence-corrected chi connectivity index (χ4v) is 11.3. The van der Waals surface area contributed by atoms with Gasteiger partial charge in [-0.1, -0.05) is 53.2 Å². The highest BCUT2D eigenvalue weighted by Crippen LogP contribution is 2.77. The van der Waals surface area contributed by atoms with E-state index in [0.717, 1.165) is 51.4 Å². The molecule has 4 saturated carbocycles. The molecular weight excluding hydrogens is 424 g/mol. The van der Waals surface area contributed by atoms with E-state index in [1.165, 1.54) is 12.0 Å². The second-order valence-electron chi connectivity index (χ2n) is 14.6. The van der Waals surface area contributed by atoms with Crippen molar-refractivity contribution in [2.24, 2.45) is 56.7 Å². The Hall–Kier alpha value is -0.870. The van der Waals surface area contributed by atoms with Gasteiger partial charge < -0.3 is 14.9 Å². The first-order valence-corrected chi connectivity index (χ1v) is 14.1. The number of allylic oxidation sites excluding steroid dienone is 2. The molecular formula is C30H46O4. The molecule has 34 heavy (non-hydrogen) atoms. The third-order valence-corrected chi connectivity index (χ3v) is 13.9. The number of hydrogen-bond acceptors (Lipinski definition) is 3. The predicted molar refractivity (Wildman–Crippen MR) is 132 cm³/mol. The van der Waals surface area contributed by atoms with Gasteiger partial charge in [0.1, 0.15) is 0 Å². The Labute approximate surface area is 205 Å². The lowest BCUT2D eigenvalue weighted by Gasteiger charge is -2.74. The summed E-state index contributed by atoms with van der Waals surface area (Å²) in [5, 5.41) is 21.9. The zero-order valence-corrected chi connectivity index (χ0v) is 22.2. The molecule has 0 radical (unpaired) electrons. The third-order valence-electron chi connectivity index (χ3n) is 13.9. The van der Waals surface area contributed by atoms with E-state index in [-0.39, 0.29) is 27.6 Å². The largest absolute Gasteiger partial charge is 0.481 e. The number of carboxylic acids is 1. The number of carboxylic acid groups (broad SMARTS) is 1. The maximum absolute atomic E-state index is 12.8. The highest BCUT2D eigenvalue weighted by molar-refractivity contribution is 5.76. The highest BCUT2D eigenvalue weighted by atomic mass is 16.6. The lowest BCUT2D eigenvalue weighted by atomic mass is 9.32. The Balaban J connectivity index is 1.47. The van der Waals surface area contributed by atoms with Gasteiger partial charge in [0.2, 0.25) is 0 Å². The van der Waals surface area contributed by atoms with Crippen molar-refractivity contribution in [1.82, 2.24) is 0 Å². The van der Waals surface area contributed by atoms with Gasteiger partial charge in [-0.3, -0.25) is 4.79 Å². The van der Waals surface area contributed by atoms with Crippen LogP contribution in [0.15, 0.2) is 11.6 Å². The van der Waals surface area contributed by atoms with Crippen LogP contribution in [0.1, 0.15) is 99.3 Å². The summed E-state index contributed by atoms with van der Waals surface area (Å²) < 4.78 is 6.32. The van der Waals surface area contributed by atoms with E-state index >= 15 is 0 Å². The van der Waals surface area contributed by atoms with E-state index in [0.29, 0.717) is 30.3 Å². The smallest absolute Gasteiger partial charge is 0.310 e. The standard InChI is InChI=1S/C30H46O4/c1-18-9-12-28(24(31)32)14-13-26(5)20(23(28)19(18)2)7-8-22-27(26,6)11-10-21-25(3,4)30(33)16-15-29(21,22)17-34-30/h7,18-19,21-23,33H,8-17H2,1-6H3,(H,31,32)/t18?,19-,21?,22?,23-,26?,27+,28-,29+,30-/m0/s1. The molecule has 4 heteroatoms. The molecule has 2 bridgehead atoms. The van der Waals surface area contributed by atoms with Gasteiger partial charge in [0.25, 0.3) is 0 Å². The van der Waals surface area contributed by atoms with E-state index in [4.69, 9.17) is 4.74 Å². The summed E-state index contributed by atoms with van der Waals surface area (Å²) in [6.45, 7) is 14.9. The van der Waals surface area contributed by atoms with E-state index in [1.807, 2.05) is 0 Å². The van der Waals surface area contributed by atoms with Gasteiger partial charge in [-0.2, -0.15) is 0 Å². The maximum atomic E-state index is 12.8. The molecule has 4 unspecified atom stereocenters. The molecule has 6 fully saturated rings. The summed E-state index contributed by atoms with van der Waals surface area (Å²) in [4.78, 5) is 12.8. The van der Waals surface area contributed by atoms with Crippen LogP contribution in [0.5, 0.6) is 0 Å². The maximum Gasteiger partial charge on any atom is 0.310 e. The quantitative estimate of drug-likeness (QED) is 0.434. The lowest BCUT2D eigenvalue weighted by Crippen LogP contribution is -2.73. The van der Waals surface area contributed by atoms with E-state index in [2.05, 4.69) is 47.6 Å². The van der Waals surface area contributed by atoms with Gasteiger partial charge in [0.15, 0.2) is 5.79 Å². The molecule has 0 aromatic carbocycles. The predicted octanol–water partition coefficient (Wildman–Crippen LogP) is 6.43. The van der Waals surface area contributed by atoms with E-state index < -0.39 is 17.2 Å². The van der Waals surface area contributed by atoms with Crippen LogP contribution < -0.4 is 0 Å². The molecule has 1 spiro atoms. The third kappa shape index (κ3) is 2.37. The Bertz CT molecular complexity index is 941. The summed E-state index contributed by atoms with van der Waals surface area (Å²) in [6, 6.07) is 0. The minimum Gasteiger partial charge on any atom is -0.481 e. The molecule has 10 atom stereocenters. The number of hydrogen-bond donors (Lipinski definition) is 2. The van der Waals surface area contributed by atoms with Gasteiger partial charge in [-0.15, -0.1) is 0 Å². The van der Waals surface area contributed by atoms with Crippen LogP contribution in [-0.2, 0) is 9.53 Å². The van der Waals surface area contributed by atoms with Crippen molar-refractivity contribution in [3.63, 3.8) is 0 Å². The van der Waals surface area contributed by atoms with Gasteiger partial charge in [-0.25, -0.2) is 0 Å². The van der Waals surface area contributed by atoms with Crippen molar-refractivity contribution in [3.05, 3.63) is 11.6 Å². The summed E-state index contributed by atoms with van der Waals surface area (Å²) in [6.07, 6.45) is 11.4. The SMILES string of the molecule is CC1CC[C@]2(C(=O)O)CCC3(C)C(=CCC4[C@]56CC[C@](O)(OC5)C(C)(C)C6CC[C@]43C)[C@@H]2[C@H]1C. The first kappa shape index (κ1) is 23.5. The molecule has 4 nitrogen and oxygen atoms in total. The minimum atomic E-state index is -0.980. The number of rotatable bonds is 1. The minimum absolute atomic E-state index is 0.0416. The van der Waals surface area contributed by atoms with E-state index in [1.54, 1.807) is 0 Å².